The van der Waals surface area contributed by atoms with E-state index >= 15 is 0 Å². The lowest BCUT2D eigenvalue weighted by molar-refractivity contribution is 0.0951. The van der Waals surface area contributed by atoms with Crippen LogP contribution in [0.5, 0.6) is 0 Å². The number of rotatable bonds is 5. The van der Waals surface area contributed by atoms with Crippen LogP contribution < -0.4 is 16.6 Å². The van der Waals surface area contributed by atoms with E-state index in [0.29, 0.717) is 28.8 Å². The molecule has 0 radical (unpaired) electrons. The van der Waals surface area contributed by atoms with Gasteiger partial charge in [0.25, 0.3) is 11.5 Å². The van der Waals surface area contributed by atoms with Crippen molar-refractivity contribution < 1.29 is 4.79 Å². The fourth-order valence-electron chi connectivity index (χ4n) is 3.45. The van der Waals surface area contributed by atoms with Crippen LogP contribution in [0.15, 0.2) is 76.6 Å². The molecule has 158 valence electrons. The van der Waals surface area contributed by atoms with E-state index in [-0.39, 0.29) is 17.8 Å². The molecule has 32 heavy (non-hydrogen) atoms. The molecular formula is C24H19N5O3. The largest absolute Gasteiger partial charge is 0.348 e. The van der Waals surface area contributed by atoms with E-state index in [2.05, 4.69) is 10.3 Å². The van der Waals surface area contributed by atoms with Crippen molar-refractivity contribution in [2.75, 3.05) is 0 Å². The van der Waals surface area contributed by atoms with E-state index in [4.69, 9.17) is 5.26 Å². The van der Waals surface area contributed by atoms with Gasteiger partial charge in [0.15, 0.2) is 0 Å². The number of hydrogen-bond donors (Lipinski definition) is 1. The minimum absolute atomic E-state index is 0.0611. The molecule has 2 aromatic carbocycles. The molecule has 0 aliphatic carbocycles. The van der Waals surface area contributed by atoms with Crippen LogP contribution >= 0.6 is 0 Å². The number of benzene rings is 2. The maximum absolute atomic E-state index is 13.1. The summed E-state index contributed by atoms with van der Waals surface area (Å²) in [4.78, 5) is 42.5. The minimum atomic E-state index is -0.476. The normalized spacial score (nSPS) is 10.6. The lowest BCUT2D eigenvalue weighted by Gasteiger charge is -2.12. The zero-order valence-corrected chi connectivity index (χ0v) is 17.3. The van der Waals surface area contributed by atoms with Crippen molar-refractivity contribution in [1.29, 1.82) is 5.26 Å². The van der Waals surface area contributed by atoms with Crippen molar-refractivity contribution >= 4 is 16.8 Å². The van der Waals surface area contributed by atoms with Gasteiger partial charge in [0.05, 0.1) is 29.1 Å². The SMILES string of the molecule is Cn1c(=O)n(Cc2ccc(C#N)cc2)c(=O)c2cc(C(=O)NCc3ccncc3)ccc21. The van der Waals surface area contributed by atoms with Crippen LogP contribution in [0.2, 0.25) is 0 Å². The van der Waals surface area contributed by atoms with Crippen LogP contribution in [0.25, 0.3) is 10.9 Å². The predicted molar refractivity (Wildman–Crippen MR) is 119 cm³/mol. The summed E-state index contributed by atoms with van der Waals surface area (Å²) in [5, 5.41) is 12.0. The van der Waals surface area contributed by atoms with E-state index in [0.717, 1.165) is 10.1 Å². The Morgan fingerprint density at radius 1 is 1.03 bits per heavy atom. The zero-order valence-electron chi connectivity index (χ0n) is 17.3. The topological polar surface area (TPSA) is 110 Å². The van der Waals surface area contributed by atoms with E-state index in [1.807, 2.05) is 6.07 Å². The number of nitriles is 1. The van der Waals surface area contributed by atoms with Gasteiger partial charge in [0, 0.05) is 31.5 Å². The summed E-state index contributed by atoms with van der Waals surface area (Å²) in [5.41, 5.74) is 1.96. The van der Waals surface area contributed by atoms with Crippen LogP contribution in [0.1, 0.15) is 27.0 Å². The Hall–Kier alpha value is -4.51. The molecule has 0 unspecified atom stereocenters. The standard InChI is InChI=1S/C24H19N5O3/c1-28-21-7-6-19(22(30)27-14-17-8-10-26-11-9-17)12-20(21)23(31)29(24(28)32)15-18-4-2-16(13-25)3-5-18/h2-12H,14-15H2,1H3,(H,27,30). The molecule has 2 heterocycles. The average Bonchev–Trinajstić information content (AvgIpc) is 2.84. The number of pyridine rings is 1. The molecule has 0 aliphatic heterocycles. The van der Waals surface area contributed by atoms with Crippen molar-refractivity contribution in [3.8, 4) is 6.07 Å². The third-order valence-electron chi connectivity index (χ3n) is 5.24. The summed E-state index contributed by atoms with van der Waals surface area (Å²) in [6.45, 7) is 0.390. The van der Waals surface area contributed by atoms with Gasteiger partial charge in [-0.3, -0.25) is 23.7 Å². The summed E-state index contributed by atoms with van der Waals surface area (Å²) < 4.78 is 2.52. The number of carbonyl (C=O) groups is 1. The summed E-state index contributed by atoms with van der Waals surface area (Å²) in [6, 6.07) is 17.0. The molecule has 1 amide bonds. The number of hydrogen-bond acceptors (Lipinski definition) is 5. The first-order valence-corrected chi connectivity index (χ1v) is 9.87. The molecule has 4 rings (SSSR count). The molecular weight excluding hydrogens is 406 g/mol. The van der Waals surface area contributed by atoms with Gasteiger partial charge in [0.2, 0.25) is 0 Å². The number of carbonyl (C=O) groups excluding carboxylic acids is 1. The first-order chi connectivity index (χ1) is 15.5. The third kappa shape index (κ3) is 4.04. The Labute approximate surface area is 183 Å². The van der Waals surface area contributed by atoms with Gasteiger partial charge in [0.1, 0.15) is 0 Å². The molecule has 2 aromatic heterocycles. The van der Waals surface area contributed by atoms with Gasteiger partial charge >= 0.3 is 5.69 Å². The zero-order chi connectivity index (χ0) is 22.7. The van der Waals surface area contributed by atoms with Crippen molar-refractivity contribution in [2.45, 2.75) is 13.1 Å². The summed E-state index contributed by atoms with van der Waals surface area (Å²) in [6.07, 6.45) is 3.29. The minimum Gasteiger partial charge on any atom is -0.348 e. The Morgan fingerprint density at radius 3 is 2.44 bits per heavy atom. The van der Waals surface area contributed by atoms with Crippen LogP contribution in [0, 0.1) is 11.3 Å². The summed E-state index contributed by atoms with van der Waals surface area (Å²) in [5.74, 6) is -0.324. The smallest absolute Gasteiger partial charge is 0.331 e. The Bertz CT molecular complexity index is 1460. The van der Waals surface area contributed by atoms with Crippen LogP contribution in [-0.4, -0.2) is 20.0 Å². The maximum Gasteiger partial charge on any atom is 0.331 e. The Morgan fingerprint density at radius 2 is 1.75 bits per heavy atom. The first-order valence-electron chi connectivity index (χ1n) is 9.87. The second kappa shape index (κ2) is 8.70. The monoisotopic (exact) mass is 425 g/mol. The fraction of sp³-hybridized carbons (Fsp3) is 0.125. The molecule has 8 heteroatoms. The fourth-order valence-corrected chi connectivity index (χ4v) is 3.45. The molecule has 0 atom stereocenters. The molecule has 0 aliphatic rings. The predicted octanol–water partition coefficient (Wildman–Crippen LogP) is 1.95. The van der Waals surface area contributed by atoms with Crippen molar-refractivity contribution in [1.82, 2.24) is 19.4 Å². The van der Waals surface area contributed by atoms with Gasteiger partial charge in [-0.2, -0.15) is 5.26 Å². The second-order valence-corrected chi connectivity index (χ2v) is 7.31. The number of aryl methyl sites for hydroxylation is 1. The first kappa shape index (κ1) is 20.8. The molecule has 0 spiro atoms. The van der Waals surface area contributed by atoms with Gasteiger partial charge < -0.3 is 5.32 Å². The Kier molecular flexibility index (Phi) is 5.64. The molecule has 0 fully saturated rings. The number of aromatic nitrogens is 3. The molecule has 0 bridgehead atoms. The summed E-state index contributed by atoms with van der Waals surface area (Å²) >= 11 is 0. The highest BCUT2D eigenvalue weighted by molar-refractivity contribution is 5.97. The maximum atomic E-state index is 13.1. The van der Waals surface area contributed by atoms with Crippen LogP contribution in [0.3, 0.4) is 0 Å². The van der Waals surface area contributed by atoms with Crippen molar-refractivity contribution in [2.24, 2.45) is 7.05 Å². The number of fused-ring (bicyclic) bond motifs is 1. The van der Waals surface area contributed by atoms with E-state index in [9.17, 15) is 14.4 Å². The highest BCUT2D eigenvalue weighted by Gasteiger charge is 2.14. The van der Waals surface area contributed by atoms with Crippen molar-refractivity contribution in [3.63, 3.8) is 0 Å². The molecule has 0 saturated carbocycles. The number of nitrogens with one attached hydrogen (secondary N) is 1. The Balaban J connectivity index is 1.68. The second-order valence-electron chi connectivity index (χ2n) is 7.31. The van der Waals surface area contributed by atoms with Gasteiger partial charge in [-0.25, -0.2) is 4.79 Å². The van der Waals surface area contributed by atoms with Gasteiger partial charge in [-0.15, -0.1) is 0 Å². The molecule has 8 nitrogen and oxygen atoms in total. The third-order valence-corrected chi connectivity index (χ3v) is 5.24. The van der Waals surface area contributed by atoms with Gasteiger partial charge in [-0.05, 0) is 53.6 Å². The lowest BCUT2D eigenvalue weighted by atomic mass is 10.1. The van der Waals surface area contributed by atoms with E-state index < -0.39 is 11.2 Å². The number of amides is 1. The van der Waals surface area contributed by atoms with E-state index in [1.54, 1.807) is 68.0 Å². The van der Waals surface area contributed by atoms with Crippen LogP contribution in [-0.2, 0) is 20.1 Å². The van der Waals surface area contributed by atoms with E-state index in [1.165, 1.54) is 10.6 Å². The summed E-state index contributed by atoms with van der Waals surface area (Å²) in [7, 11) is 1.59. The number of nitrogens with zero attached hydrogens (tertiary/aromatic N) is 4. The average molecular weight is 425 g/mol. The highest BCUT2D eigenvalue weighted by atomic mass is 16.2. The van der Waals surface area contributed by atoms with Gasteiger partial charge in [-0.1, -0.05) is 12.1 Å². The quantitative estimate of drug-likeness (QED) is 0.526. The highest BCUT2D eigenvalue weighted by Crippen LogP contribution is 2.12. The van der Waals surface area contributed by atoms with Crippen molar-refractivity contribution in [3.05, 3.63) is 110 Å². The molecule has 4 aromatic rings. The lowest BCUT2D eigenvalue weighted by Crippen LogP contribution is -2.39. The molecule has 0 saturated heterocycles. The molecule has 1 N–H and O–H groups in total. The van der Waals surface area contributed by atoms with Crippen LogP contribution in [0.4, 0.5) is 0 Å².